The van der Waals surface area contributed by atoms with Crippen LogP contribution in [0, 0.1) is 17.8 Å². The van der Waals surface area contributed by atoms with Crippen LogP contribution in [0.1, 0.15) is 48.8 Å². The van der Waals surface area contributed by atoms with Crippen molar-refractivity contribution in [2.75, 3.05) is 18.5 Å². The second-order valence-electron chi connectivity index (χ2n) is 11.0. The number of nitrogens with one attached hydrogen (secondary N) is 1. The molecule has 4 N–H and O–H groups in total. The van der Waals surface area contributed by atoms with Gasteiger partial charge < -0.3 is 16.2 Å². The van der Waals surface area contributed by atoms with E-state index in [4.69, 9.17) is 5.73 Å². The summed E-state index contributed by atoms with van der Waals surface area (Å²) in [5.41, 5.74) is 11.2. The first-order chi connectivity index (χ1) is 20.0. The van der Waals surface area contributed by atoms with Crippen LogP contribution in [0.5, 0.6) is 0 Å². The van der Waals surface area contributed by atoms with Crippen molar-refractivity contribution in [2.45, 2.75) is 45.1 Å². The molecule has 3 aromatic carbocycles. The normalized spacial score (nSPS) is 19.0. The Kier molecular flexibility index (Phi) is 9.44. The third-order valence-electron chi connectivity index (χ3n) is 8.25. The van der Waals surface area contributed by atoms with E-state index in [0.29, 0.717) is 37.1 Å². The highest BCUT2D eigenvalue weighted by molar-refractivity contribution is 6.01. The quantitative estimate of drug-likeness (QED) is 0.289. The van der Waals surface area contributed by atoms with Gasteiger partial charge in [0.25, 0.3) is 0 Å². The van der Waals surface area contributed by atoms with Crippen LogP contribution in [-0.4, -0.2) is 35.8 Å². The van der Waals surface area contributed by atoms with Gasteiger partial charge in [0.15, 0.2) is 12.5 Å². The van der Waals surface area contributed by atoms with Crippen LogP contribution >= 0.6 is 0 Å². The van der Waals surface area contributed by atoms with Crippen molar-refractivity contribution in [1.29, 1.82) is 0 Å². The molecule has 0 bridgehead atoms. The van der Waals surface area contributed by atoms with E-state index in [-0.39, 0.29) is 30.6 Å². The lowest BCUT2D eigenvalue weighted by Gasteiger charge is -2.27. The van der Waals surface area contributed by atoms with E-state index in [9.17, 15) is 14.7 Å². The van der Waals surface area contributed by atoms with Crippen LogP contribution in [0.3, 0.4) is 0 Å². The van der Waals surface area contributed by atoms with Crippen LogP contribution in [0.2, 0.25) is 0 Å². The summed E-state index contributed by atoms with van der Waals surface area (Å²) < 4.78 is 0. The SMILES string of the molecule is NCC1CCC(C(=O)C[C@@H](Cc2ccc(-c3ccccc3CO)cc2)C(=O)Nc2ccc(C3=NCN=N3)cc2)CC1. The topological polar surface area (TPSA) is 130 Å². The fraction of sp³-hybridized carbons (Fsp3) is 0.364. The predicted molar refractivity (Wildman–Crippen MR) is 160 cm³/mol. The van der Waals surface area contributed by atoms with Gasteiger partial charge in [-0.05, 0) is 91.1 Å². The van der Waals surface area contributed by atoms with E-state index in [2.05, 4.69) is 20.5 Å². The van der Waals surface area contributed by atoms with Gasteiger partial charge in [0, 0.05) is 29.5 Å². The Hall–Kier alpha value is -4.01. The number of nitrogens with two attached hydrogens (primary N) is 1. The molecule has 0 spiro atoms. The number of aliphatic hydroxyl groups excluding tert-OH is 1. The summed E-state index contributed by atoms with van der Waals surface area (Å²) in [5, 5.41) is 20.7. The maximum absolute atomic E-state index is 13.6. The Morgan fingerprint density at radius 3 is 2.29 bits per heavy atom. The van der Waals surface area contributed by atoms with Gasteiger partial charge in [-0.15, -0.1) is 5.11 Å². The summed E-state index contributed by atoms with van der Waals surface area (Å²) in [4.78, 5) is 31.2. The zero-order valence-electron chi connectivity index (χ0n) is 23.2. The van der Waals surface area contributed by atoms with Gasteiger partial charge >= 0.3 is 0 Å². The molecule has 1 saturated carbocycles. The van der Waals surface area contributed by atoms with Crippen molar-refractivity contribution in [1.82, 2.24) is 0 Å². The minimum atomic E-state index is -0.502. The molecule has 1 atom stereocenters. The maximum atomic E-state index is 13.6. The van der Waals surface area contributed by atoms with E-state index in [0.717, 1.165) is 53.5 Å². The summed E-state index contributed by atoms with van der Waals surface area (Å²) in [6, 6.07) is 23.2. The molecule has 2 aliphatic rings. The molecule has 1 fully saturated rings. The molecule has 1 heterocycles. The van der Waals surface area contributed by atoms with E-state index in [1.807, 2.05) is 72.8 Å². The second-order valence-corrected chi connectivity index (χ2v) is 11.0. The number of hydrogen-bond acceptors (Lipinski definition) is 7. The predicted octanol–water partition coefficient (Wildman–Crippen LogP) is 5.54. The summed E-state index contributed by atoms with van der Waals surface area (Å²) >= 11 is 0. The number of carbonyl (C=O) groups excluding carboxylic acids is 2. The standard InChI is InChI=1S/C33H37N5O3/c34-19-23-7-11-25(12-8-23)31(40)18-28(33(41)37-29-15-13-26(14-16-29)32-35-21-36-38-32)17-22-5-9-24(10-6-22)30-4-2-1-3-27(30)20-39/h1-6,9-10,13-16,23,25,28,39H,7-8,11-12,17-21,34H2,(H,37,41)/t23?,25?,28-/m1/s1. The number of hydrogen-bond donors (Lipinski definition) is 3. The maximum Gasteiger partial charge on any atom is 0.228 e. The Labute approximate surface area is 240 Å². The molecule has 0 radical (unpaired) electrons. The average Bonchev–Trinajstić information content (AvgIpc) is 3.57. The molecule has 41 heavy (non-hydrogen) atoms. The molecule has 3 aromatic rings. The van der Waals surface area contributed by atoms with Crippen LogP contribution in [0.15, 0.2) is 88.0 Å². The van der Waals surface area contributed by atoms with Crippen LogP contribution in [0.25, 0.3) is 11.1 Å². The third kappa shape index (κ3) is 7.20. The molecule has 8 nitrogen and oxygen atoms in total. The third-order valence-corrected chi connectivity index (χ3v) is 8.25. The van der Waals surface area contributed by atoms with Crippen LogP contribution in [0.4, 0.5) is 5.69 Å². The molecular weight excluding hydrogens is 514 g/mol. The van der Waals surface area contributed by atoms with Crippen molar-refractivity contribution in [3.8, 4) is 11.1 Å². The first-order valence-electron chi connectivity index (χ1n) is 14.4. The highest BCUT2D eigenvalue weighted by Crippen LogP contribution is 2.31. The first-order valence-corrected chi connectivity index (χ1v) is 14.4. The van der Waals surface area contributed by atoms with Crippen LogP contribution < -0.4 is 11.1 Å². The summed E-state index contributed by atoms with van der Waals surface area (Å²) in [5.74, 6) is 0.556. The number of benzene rings is 3. The molecule has 212 valence electrons. The number of azo groups is 1. The lowest BCUT2D eigenvalue weighted by molar-refractivity contribution is -0.129. The van der Waals surface area contributed by atoms with Gasteiger partial charge in [0.2, 0.25) is 5.91 Å². The molecule has 0 unspecified atom stereocenters. The van der Waals surface area contributed by atoms with Gasteiger partial charge in [-0.2, -0.15) is 5.11 Å². The molecule has 5 rings (SSSR count). The number of amidine groups is 1. The van der Waals surface area contributed by atoms with Crippen molar-refractivity contribution in [3.63, 3.8) is 0 Å². The Morgan fingerprint density at radius 2 is 1.63 bits per heavy atom. The lowest BCUT2D eigenvalue weighted by atomic mass is 9.77. The van der Waals surface area contributed by atoms with Crippen molar-refractivity contribution >= 4 is 23.2 Å². The Bertz CT molecular complexity index is 1410. The fourth-order valence-electron chi connectivity index (χ4n) is 5.76. The van der Waals surface area contributed by atoms with E-state index < -0.39 is 5.92 Å². The number of nitrogens with zero attached hydrogens (tertiary/aromatic N) is 3. The monoisotopic (exact) mass is 551 g/mol. The molecule has 1 amide bonds. The summed E-state index contributed by atoms with van der Waals surface area (Å²) in [6.45, 7) is 0.973. The first kappa shape index (κ1) is 28.5. The number of aliphatic hydroxyl groups is 1. The zero-order chi connectivity index (χ0) is 28.6. The Balaban J connectivity index is 1.31. The van der Waals surface area contributed by atoms with Crippen LogP contribution in [-0.2, 0) is 22.6 Å². The zero-order valence-corrected chi connectivity index (χ0v) is 23.2. The molecular formula is C33H37N5O3. The second kappa shape index (κ2) is 13.6. The Morgan fingerprint density at radius 1 is 0.927 bits per heavy atom. The molecule has 0 saturated heterocycles. The van der Waals surface area contributed by atoms with Gasteiger partial charge in [0.05, 0.1) is 6.61 Å². The average molecular weight is 552 g/mol. The van der Waals surface area contributed by atoms with E-state index in [1.54, 1.807) is 0 Å². The summed E-state index contributed by atoms with van der Waals surface area (Å²) in [7, 11) is 0. The highest BCUT2D eigenvalue weighted by Gasteiger charge is 2.30. The summed E-state index contributed by atoms with van der Waals surface area (Å²) in [6.07, 6.45) is 4.28. The minimum Gasteiger partial charge on any atom is -0.392 e. The molecule has 0 aromatic heterocycles. The van der Waals surface area contributed by atoms with Gasteiger partial charge in [0.1, 0.15) is 5.78 Å². The molecule has 8 heteroatoms. The number of aliphatic imine (C=N–C) groups is 1. The number of anilines is 1. The number of rotatable bonds is 11. The fourth-order valence-corrected chi connectivity index (χ4v) is 5.76. The smallest absolute Gasteiger partial charge is 0.228 e. The van der Waals surface area contributed by atoms with Crippen molar-refractivity contribution in [2.24, 2.45) is 38.7 Å². The van der Waals surface area contributed by atoms with Gasteiger partial charge in [-0.1, -0.05) is 48.5 Å². The highest BCUT2D eigenvalue weighted by atomic mass is 16.3. The van der Waals surface area contributed by atoms with E-state index in [1.165, 1.54) is 0 Å². The van der Waals surface area contributed by atoms with Crippen molar-refractivity contribution in [3.05, 3.63) is 89.5 Å². The van der Waals surface area contributed by atoms with E-state index >= 15 is 0 Å². The van der Waals surface area contributed by atoms with Gasteiger partial charge in [-0.3, -0.25) is 9.59 Å². The number of Topliss-reactive ketones (excluding diaryl/α,β-unsaturated/α-hetero) is 1. The van der Waals surface area contributed by atoms with Crippen molar-refractivity contribution < 1.29 is 14.7 Å². The number of amides is 1. The minimum absolute atomic E-state index is 0.00825. The number of ketones is 1. The number of carbonyl (C=O) groups is 2. The van der Waals surface area contributed by atoms with Gasteiger partial charge in [-0.25, -0.2) is 4.99 Å². The largest absolute Gasteiger partial charge is 0.392 e. The molecule has 1 aliphatic carbocycles. The lowest BCUT2D eigenvalue weighted by Crippen LogP contribution is -2.31. The molecule has 1 aliphatic heterocycles.